The molecule has 1 aliphatic carbocycles. The van der Waals surface area contributed by atoms with Crippen LogP contribution in [0.2, 0.25) is 0 Å². The van der Waals surface area contributed by atoms with Gasteiger partial charge >= 0.3 is 0 Å². The van der Waals surface area contributed by atoms with E-state index in [4.69, 9.17) is 16.3 Å². The number of ether oxygens (including phenoxy) is 1. The van der Waals surface area contributed by atoms with Gasteiger partial charge in [0, 0.05) is 0 Å². The number of hydrogen-bond donors (Lipinski definition) is 0. The van der Waals surface area contributed by atoms with E-state index in [1.165, 1.54) is 24.0 Å². The first-order valence-electron chi connectivity index (χ1n) is 6.77. The molecule has 2 rings (SSSR count). The lowest BCUT2D eigenvalue weighted by molar-refractivity contribution is 0.242. The summed E-state index contributed by atoms with van der Waals surface area (Å²) in [5.74, 6) is 0.936. The highest BCUT2D eigenvalue weighted by Gasteiger charge is 2.11. The second-order valence-electron chi connectivity index (χ2n) is 5.14. The van der Waals surface area contributed by atoms with Crippen LogP contribution in [0.4, 0.5) is 0 Å². The van der Waals surface area contributed by atoms with E-state index in [9.17, 15) is 0 Å². The zero-order valence-corrected chi connectivity index (χ0v) is 11.9. The van der Waals surface area contributed by atoms with Gasteiger partial charge in [0.2, 0.25) is 0 Å². The fourth-order valence-corrected chi connectivity index (χ4v) is 2.61. The second kappa shape index (κ2) is 6.29. The molecule has 1 aromatic rings. The highest BCUT2D eigenvalue weighted by atomic mass is 35.5. The van der Waals surface area contributed by atoms with Crippen molar-refractivity contribution in [3.63, 3.8) is 0 Å². The highest BCUT2D eigenvalue weighted by molar-refractivity contribution is 6.22. The first kappa shape index (κ1) is 13.5. The number of benzene rings is 1. The van der Waals surface area contributed by atoms with E-state index < -0.39 is 0 Å². The molecule has 1 atom stereocenters. The number of rotatable bonds is 3. The summed E-state index contributed by atoms with van der Waals surface area (Å²) in [6.07, 6.45) is 7.13. The average Bonchev–Trinajstić information content (AvgIpc) is 2.54. The van der Waals surface area contributed by atoms with Crippen molar-refractivity contribution in [1.29, 1.82) is 0 Å². The molecule has 98 valence electrons. The molecule has 0 heterocycles. The zero-order valence-electron chi connectivity index (χ0n) is 11.2. The molecule has 0 saturated carbocycles. The van der Waals surface area contributed by atoms with Crippen LogP contribution in [0.25, 0.3) is 5.57 Å². The third kappa shape index (κ3) is 3.78. The van der Waals surface area contributed by atoms with Crippen LogP contribution in [0.1, 0.15) is 45.1 Å². The summed E-state index contributed by atoms with van der Waals surface area (Å²) in [7, 11) is 0. The summed E-state index contributed by atoms with van der Waals surface area (Å²) in [6, 6.07) is 8.37. The van der Waals surface area contributed by atoms with Crippen molar-refractivity contribution in [2.45, 2.75) is 51.0 Å². The third-order valence-corrected chi connectivity index (χ3v) is 3.50. The van der Waals surface area contributed by atoms with E-state index in [0.29, 0.717) is 0 Å². The fourth-order valence-electron chi connectivity index (χ4n) is 2.30. The molecule has 1 unspecified atom stereocenters. The summed E-state index contributed by atoms with van der Waals surface area (Å²) in [6.45, 7) is 4.08. The Balaban J connectivity index is 2.13. The minimum Gasteiger partial charge on any atom is -0.491 e. The second-order valence-corrected chi connectivity index (χ2v) is 5.71. The molecule has 1 aromatic carbocycles. The third-order valence-electron chi connectivity index (χ3n) is 3.15. The molecule has 0 amide bonds. The molecule has 0 aromatic heterocycles. The Morgan fingerprint density at radius 1 is 1.17 bits per heavy atom. The Morgan fingerprint density at radius 2 is 1.89 bits per heavy atom. The number of alkyl halides is 1. The highest BCUT2D eigenvalue weighted by Crippen LogP contribution is 2.29. The molecule has 0 N–H and O–H groups in total. The van der Waals surface area contributed by atoms with Crippen molar-refractivity contribution in [1.82, 2.24) is 0 Å². The van der Waals surface area contributed by atoms with Crippen LogP contribution >= 0.6 is 11.6 Å². The number of allylic oxidation sites excluding steroid dienone is 2. The molecule has 0 spiro atoms. The van der Waals surface area contributed by atoms with Gasteiger partial charge in [-0.05, 0) is 56.4 Å². The van der Waals surface area contributed by atoms with Gasteiger partial charge in [-0.15, -0.1) is 11.6 Å². The predicted molar refractivity (Wildman–Crippen MR) is 78.3 cm³/mol. The maximum absolute atomic E-state index is 6.26. The van der Waals surface area contributed by atoms with E-state index in [1.54, 1.807) is 0 Å². The average molecular weight is 265 g/mol. The molecule has 1 nitrogen and oxygen atoms in total. The standard InChI is InChI=1S/C16H21ClO/c1-12(2)18-16-9-7-13(8-10-16)14-5-3-4-6-15(17)11-14/h7-12,15H,3-6H2,1-2H3. The van der Waals surface area contributed by atoms with E-state index in [2.05, 4.69) is 18.2 Å². The normalized spacial score (nSPS) is 20.4. The lowest BCUT2D eigenvalue weighted by Crippen LogP contribution is -2.05. The summed E-state index contributed by atoms with van der Waals surface area (Å²) in [5, 5.41) is 0.189. The molecule has 0 fully saturated rings. The molecule has 18 heavy (non-hydrogen) atoms. The molecular weight excluding hydrogens is 244 g/mol. The van der Waals surface area contributed by atoms with Crippen molar-refractivity contribution in [3.8, 4) is 5.75 Å². The minimum absolute atomic E-state index is 0.189. The van der Waals surface area contributed by atoms with Gasteiger partial charge in [0.25, 0.3) is 0 Å². The van der Waals surface area contributed by atoms with Gasteiger partial charge in [-0.1, -0.05) is 24.6 Å². The Hall–Kier alpha value is -0.950. The minimum atomic E-state index is 0.189. The van der Waals surface area contributed by atoms with E-state index in [1.807, 2.05) is 26.0 Å². The maximum Gasteiger partial charge on any atom is 0.119 e. The van der Waals surface area contributed by atoms with Crippen molar-refractivity contribution >= 4 is 17.2 Å². The lowest BCUT2D eigenvalue weighted by atomic mass is 10.0. The Kier molecular flexibility index (Phi) is 4.71. The van der Waals surface area contributed by atoms with Gasteiger partial charge in [-0.25, -0.2) is 0 Å². The Morgan fingerprint density at radius 3 is 2.56 bits per heavy atom. The smallest absolute Gasteiger partial charge is 0.119 e. The number of hydrogen-bond acceptors (Lipinski definition) is 1. The summed E-state index contributed by atoms with van der Waals surface area (Å²) in [4.78, 5) is 0. The van der Waals surface area contributed by atoms with Crippen molar-refractivity contribution in [2.75, 3.05) is 0 Å². The van der Waals surface area contributed by atoms with E-state index in [0.717, 1.165) is 18.6 Å². The van der Waals surface area contributed by atoms with Gasteiger partial charge in [0.1, 0.15) is 5.75 Å². The van der Waals surface area contributed by atoms with Gasteiger partial charge in [0.15, 0.2) is 0 Å². The quantitative estimate of drug-likeness (QED) is 0.695. The van der Waals surface area contributed by atoms with Gasteiger partial charge in [-0.3, -0.25) is 0 Å². The van der Waals surface area contributed by atoms with Crippen LogP contribution < -0.4 is 4.74 Å². The van der Waals surface area contributed by atoms with Crippen molar-refractivity contribution in [3.05, 3.63) is 35.9 Å². The number of halogens is 1. The van der Waals surface area contributed by atoms with E-state index in [-0.39, 0.29) is 11.5 Å². The molecule has 1 aliphatic rings. The predicted octanol–water partition coefficient (Wildman–Crippen LogP) is 5.04. The molecule has 0 saturated heterocycles. The Bertz CT molecular complexity index is 406. The summed E-state index contributed by atoms with van der Waals surface area (Å²) >= 11 is 6.26. The first-order valence-corrected chi connectivity index (χ1v) is 7.20. The van der Waals surface area contributed by atoms with Gasteiger partial charge in [0.05, 0.1) is 11.5 Å². The van der Waals surface area contributed by atoms with Crippen LogP contribution in [0.3, 0.4) is 0 Å². The molecular formula is C16H21ClO. The molecule has 0 aliphatic heterocycles. The zero-order chi connectivity index (χ0) is 13.0. The topological polar surface area (TPSA) is 9.23 Å². The van der Waals surface area contributed by atoms with Crippen LogP contribution in [-0.4, -0.2) is 11.5 Å². The SMILES string of the molecule is CC(C)Oc1ccc(C2=CC(Cl)CCCC2)cc1. The van der Waals surface area contributed by atoms with Crippen LogP contribution in [0, 0.1) is 0 Å². The summed E-state index contributed by atoms with van der Waals surface area (Å²) < 4.78 is 5.66. The fraction of sp³-hybridized carbons (Fsp3) is 0.500. The van der Waals surface area contributed by atoms with Crippen molar-refractivity contribution in [2.24, 2.45) is 0 Å². The monoisotopic (exact) mass is 264 g/mol. The van der Waals surface area contributed by atoms with Crippen LogP contribution in [0.5, 0.6) is 5.75 Å². The molecule has 0 bridgehead atoms. The Labute approximate surface area is 115 Å². The first-order chi connectivity index (χ1) is 8.65. The van der Waals surface area contributed by atoms with Crippen LogP contribution in [-0.2, 0) is 0 Å². The summed E-state index contributed by atoms with van der Waals surface area (Å²) in [5.41, 5.74) is 2.65. The van der Waals surface area contributed by atoms with Gasteiger partial charge < -0.3 is 4.74 Å². The largest absolute Gasteiger partial charge is 0.491 e. The van der Waals surface area contributed by atoms with Crippen molar-refractivity contribution < 1.29 is 4.74 Å². The van der Waals surface area contributed by atoms with E-state index >= 15 is 0 Å². The lowest BCUT2D eigenvalue weighted by Gasteiger charge is -2.11. The van der Waals surface area contributed by atoms with Crippen LogP contribution in [0.15, 0.2) is 30.3 Å². The van der Waals surface area contributed by atoms with Gasteiger partial charge in [-0.2, -0.15) is 0 Å². The maximum atomic E-state index is 6.26. The molecule has 0 radical (unpaired) electrons. The molecule has 2 heteroatoms.